The molecule has 1 saturated carbocycles. The zero-order valence-electron chi connectivity index (χ0n) is 27.2. The number of amides is 2. The van der Waals surface area contributed by atoms with Crippen molar-refractivity contribution in [1.82, 2.24) is 10.2 Å². The van der Waals surface area contributed by atoms with Crippen LogP contribution in [0, 0.1) is 20.8 Å². The van der Waals surface area contributed by atoms with Crippen LogP contribution in [-0.2, 0) is 32.6 Å². The van der Waals surface area contributed by atoms with E-state index in [1.54, 1.807) is 35.2 Å². The Bertz CT molecular complexity index is 1790. The molecule has 5 rings (SSSR count). The topological polar surface area (TPSA) is 86.8 Å². The summed E-state index contributed by atoms with van der Waals surface area (Å²) in [5.41, 5.74) is 4.68. The van der Waals surface area contributed by atoms with E-state index in [1.807, 2.05) is 87.5 Å². The van der Waals surface area contributed by atoms with Crippen molar-refractivity contribution in [3.8, 4) is 0 Å². The highest BCUT2D eigenvalue weighted by Crippen LogP contribution is 2.29. The highest BCUT2D eigenvalue weighted by Gasteiger charge is 2.36. The van der Waals surface area contributed by atoms with Gasteiger partial charge < -0.3 is 10.2 Å². The third-order valence-corrected chi connectivity index (χ3v) is 11.1. The van der Waals surface area contributed by atoms with Crippen molar-refractivity contribution in [2.45, 2.75) is 76.4 Å². The zero-order chi connectivity index (χ0) is 33.6. The predicted molar refractivity (Wildman–Crippen MR) is 191 cm³/mol. The predicted octanol–water partition coefficient (Wildman–Crippen LogP) is 7.27. The Labute approximate surface area is 287 Å². The Morgan fingerprint density at radius 2 is 1.47 bits per heavy atom. The van der Waals surface area contributed by atoms with Crippen molar-refractivity contribution in [3.05, 3.63) is 129 Å². The molecule has 1 atom stereocenters. The van der Waals surface area contributed by atoms with Crippen molar-refractivity contribution in [2.24, 2.45) is 0 Å². The first kappa shape index (κ1) is 34.4. The van der Waals surface area contributed by atoms with E-state index < -0.39 is 28.5 Å². The first-order chi connectivity index (χ1) is 22.5. The van der Waals surface area contributed by atoms with Crippen molar-refractivity contribution >= 4 is 43.5 Å². The molecule has 9 heteroatoms. The molecule has 246 valence electrons. The highest BCUT2D eigenvalue weighted by atomic mass is 79.9. The highest BCUT2D eigenvalue weighted by molar-refractivity contribution is 9.10. The monoisotopic (exact) mass is 715 g/mol. The van der Waals surface area contributed by atoms with E-state index in [1.165, 1.54) is 4.31 Å². The SMILES string of the molecule is Cc1ccc(S(=O)(=O)N(CC(=O)N(Cc2ccc(Br)cc2)[C@@H](Cc2ccccc2)C(=O)NC2CCCC2)c2cc(C)ccc2C)cc1. The van der Waals surface area contributed by atoms with Crippen LogP contribution in [0.4, 0.5) is 5.69 Å². The average molecular weight is 717 g/mol. The standard InChI is InChI=1S/C38H42BrN3O4S/c1-27-14-21-34(22-15-27)47(45,46)42(35-23-28(2)13-16-29(35)3)26-37(43)41(25-31-17-19-32(39)20-18-31)36(24-30-9-5-4-6-10-30)38(44)40-33-11-7-8-12-33/h4-6,9-10,13-23,33,36H,7-8,11-12,24-26H2,1-3H3,(H,40,44)/t36-/m0/s1. The summed E-state index contributed by atoms with van der Waals surface area (Å²) in [6, 6.07) is 28.6. The minimum absolute atomic E-state index is 0.0544. The molecule has 0 saturated heterocycles. The Morgan fingerprint density at radius 3 is 2.13 bits per heavy atom. The summed E-state index contributed by atoms with van der Waals surface area (Å²) >= 11 is 3.49. The molecule has 4 aromatic rings. The maximum Gasteiger partial charge on any atom is 0.264 e. The molecule has 0 aromatic heterocycles. The molecule has 0 bridgehead atoms. The van der Waals surface area contributed by atoms with Gasteiger partial charge in [-0.05, 0) is 86.2 Å². The van der Waals surface area contributed by atoms with Crippen LogP contribution in [0.1, 0.15) is 53.5 Å². The number of anilines is 1. The second kappa shape index (κ2) is 15.3. The van der Waals surface area contributed by atoms with Crippen LogP contribution >= 0.6 is 15.9 Å². The van der Waals surface area contributed by atoms with Gasteiger partial charge in [0.1, 0.15) is 12.6 Å². The number of sulfonamides is 1. The number of hydrogen-bond acceptors (Lipinski definition) is 4. The molecule has 0 spiro atoms. The minimum atomic E-state index is -4.16. The van der Waals surface area contributed by atoms with Gasteiger partial charge in [0.05, 0.1) is 10.6 Å². The van der Waals surface area contributed by atoms with Crippen LogP contribution in [0.5, 0.6) is 0 Å². The molecule has 2 amide bonds. The van der Waals surface area contributed by atoms with Crippen molar-refractivity contribution < 1.29 is 18.0 Å². The molecule has 1 aliphatic carbocycles. The summed E-state index contributed by atoms with van der Waals surface area (Å²) in [5.74, 6) is -0.696. The van der Waals surface area contributed by atoms with Crippen LogP contribution in [0.3, 0.4) is 0 Å². The number of rotatable bonds is 12. The molecule has 47 heavy (non-hydrogen) atoms. The zero-order valence-corrected chi connectivity index (χ0v) is 29.6. The van der Waals surface area contributed by atoms with Gasteiger partial charge in [-0.15, -0.1) is 0 Å². The van der Waals surface area contributed by atoms with E-state index in [-0.39, 0.29) is 29.8 Å². The molecule has 0 aliphatic heterocycles. The minimum Gasteiger partial charge on any atom is -0.352 e. The normalized spacial score (nSPS) is 14.0. The first-order valence-electron chi connectivity index (χ1n) is 16.1. The maximum absolute atomic E-state index is 14.7. The summed E-state index contributed by atoms with van der Waals surface area (Å²) in [5, 5.41) is 3.22. The summed E-state index contributed by atoms with van der Waals surface area (Å²) in [6.45, 7) is 5.28. The molecule has 7 nitrogen and oxygen atoms in total. The molecule has 1 fully saturated rings. The lowest BCUT2D eigenvalue weighted by molar-refractivity contribution is -0.140. The quantitative estimate of drug-likeness (QED) is 0.167. The fourth-order valence-electron chi connectivity index (χ4n) is 6.05. The number of nitrogens with zero attached hydrogens (tertiary/aromatic N) is 2. The fraction of sp³-hybridized carbons (Fsp3) is 0.316. The molecule has 1 N–H and O–H groups in total. The Morgan fingerprint density at radius 1 is 0.830 bits per heavy atom. The van der Waals surface area contributed by atoms with Gasteiger partial charge in [-0.1, -0.05) is 101 Å². The largest absolute Gasteiger partial charge is 0.352 e. The van der Waals surface area contributed by atoms with E-state index in [2.05, 4.69) is 21.2 Å². The second-order valence-electron chi connectivity index (χ2n) is 12.5. The lowest BCUT2D eigenvalue weighted by Gasteiger charge is -2.34. The Balaban J connectivity index is 1.58. The van der Waals surface area contributed by atoms with Gasteiger partial charge in [0, 0.05) is 23.5 Å². The van der Waals surface area contributed by atoms with E-state index in [9.17, 15) is 18.0 Å². The van der Waals surface area contributed by atoms with Gasteiger partial charge in [0.25, 0.3) is 10.0 Å². The number of carbonyl (C=O) groups excluding carboxylic acids is 2. The van der Waals surface area contributed by atoms with E-state index in [0.29, 0.717) is 5.69 Å². The summed E-state index contributed by atoms with van der Waals surface area (Å²) < 4.78 is 30.8. The van der Waals surface area contributed by atoms with E-state index in [0.717, 1.165) is 58.0 Å². The number of nitrogens with one attached hydrogen (secondary N) is 1. The van der Waals surface area contributed by atoms with Crippen LogP contribution in [-0.4, -0.2) is 43.8 Å². The summed E-state index contributed by atoms with van der Waals surface area (Å²) in [4.78, 5) is 30.5. The lowest BCUT2D eigenvalue weighted by atomic mass is 10.0. The van der Waals surface area contributed by atoms with E-state index >= 15 is 0 Å². The molecule has 0 radical (unpaired) electrons. The van der Waals surface area contributed by atoms with Crippen LogP contribution in [0.25, 0.3) is 0 Å². The van der Waals surface area contributed by atoms with Gasteiger partial charge in [0.15, 0.2) is 0 Å². The van der Waals surface area contributed by atoms with Crippen LogP contribution in [0.2, 0.25) is 0 Å². The Hall–Kier alpha value is -3.95. The van der Waals surface area contributed by atoms with Crippen molar-refractivity contribution in [1.29, 1.82) is 0 Å². The van der Waals surface area contributed by atoms with Gasteiger partial charge in [-0.2, -0.15) is 0 Å². The van der Waals surface area contributed by atoms with Gasteiger partial charge in [-0.3, -0.25) is 13.9 Å². The molecule has 0 heterocycles. The van der Waals surface area contributed by atoms with Gasteiger partial charge in [-0.25, -0.2) is 8.42 Å². The van der Waals surface area contributed by atoms with Crippen molar-refractivity contribution in [3.63, 3.8) is 0 Å². The van der Waals surface area contributed by atoms with Gasteiger partial charge >= 0.3 is 0 Å². The number of carbonyl (C=O) groups is 2. The maximum atomic E-state index is 14.7. The average Bonchev–Trinajstić information content (AvgIpc) is 3.57. The van der Waals surface area contributed by atoms with Crippen molar-refractivity contribution in [2.75, 3.05) is 10.8 Å². The first-order valence-corrected chi connectivity index (χ1v) is 18.3. The smallest absolute Gasteiger partial charge is 0.264 e. The Kier molecular flexibility index (Phi) is 11.2. The van der Waals surface area contributed by atoms with Crippen LogP contribution < -0.4 is 9.62 Å². The molecule has 4 aromatic carbocycles. The fourth-order valence-corrected chi connectivity index (χ4v) is 7.78. The lowest BCUT2D eigenvalue weighted by Crippen LogP contribution is -2.54. The van der Waals surface area contributed by atoms with Crippen LogP contribution in [0.15, 0.2) is 106 Å². The number of hydrogen-bond donors (Lipinski definition) is 1. The summed E-state index contributed by atoms with van der Waals surface area (Å²) in [7, 11) is -4.16. The molecular weight excluding hydrogens is 674 g/mol. The third kappa shape index (κ3) is 8.70. The number of benzene rings is 4. The second-order valence-corrected chi connectivity index (χ2v) is 15.2. The van der Waals surface area contributed by atoms with E-state index in [4.69, 9.17) is 0 Å². The molecule has 1 aliphatic rings. The molecular formula is C38H42BrN3O4S. The van der Waals surface area contributed by atoms with Gasteiger partial charge in [0.2, 0.25) is 11.8 Å². The summed E-state index contributed by atoms with van der Waals surface area (Å²) in [6.07, 6.45) is 4.20. The number of halogens is 1. The molecule has 0 unspecified atom stereocenters. The third-order valence-electron chi connectivity index (χ3n) is 8.76. The number of aryl methyl sites for hydroxylation is 3.